The summed E-state index contributed by atoms with van der Waals surface area (Å²) in [6.07, 6.45) is 9.97. The second kappa shape index (κ2) is 6.73. The monoisotopic (exact) mass is 325 g/mol. The van der Waals surface area contributed by atoms with Crippen LogP contribution in [0.1, 0.15) is 18.4 Å². The molecule has 0 spiro atoms. The number of pyridine rings is 1. The summed E-state index contributed by atoms with van der Waals surface area (Å²) in [5, 5.41) is 3.49. The summed E-state index contributed by atoms with van der Waals surface area (Å²) in [6.45, 7) is 4.53. The molecule has 1 aliphatic heterocycles. The SMILES string of the molecule is Cc1cnc(N2CCO[C@@H]3[C@@H](CNc4cccnc4)CC[C@@H]32)nc1. The predicted octanol–water partition coefficient (Wildman–Crippen LogP) is 2.28. The Morgan fingerprint density at radius 1 is 1.25 bits per heavy atom. The molecule has 3 heterocycles. The number of nitrogens with one attached hydrogen (secondary N) is 1. The summed E-state index contributed by atoms with van der Waals surface area (Å²) in [5.74, 6) is 1.34. The maximum absolute atomic E-state index is 6.13. The summed E-state index contributed by atoms with van der Waals surface area (Å²) >= 11 is 0. The van der Waals surface area contributed by atoms with Gasteiger partial charge in [0.15, 0.2) is 0 Å². The first-order valence-corrected chi connectivity index (χ1v) is 8.62. The van der Waals surface area contributed by atoms with E-state index in [9.17, 15) is 0 Å². The number of anilines is 2. The van der Waals surface area contributed by atoms with E-state index >= 15 is 0 Å². The molecule has 2 aliphatic rings. The number of morpholine rings is 1. The molecule has 6 nitrogen and oxygen atoms in total. The van der Waals surface area contributed by atoms with Gasteiger partial charge in [0.2, 0.25) is 5.95 Å². The molecular weight excluding hydrogens is 302 g/mol. The lowest BCUT2D eigenvalue weighted by molar-refractivity contribution is 0.000807. The number of hydrogen-bond acceptors (Lipinski definition) is 6. The summed E-state index contributed by atoms with van der Waals surface area (Å²) in [7, 11) is 0. The highest BCUT2D eigenvalue weighted by atomic mass is 16.5. The molecule has 0 radical (unpaired) electrons. The van der Waals surface area contributed by atoms with E-state index in [4.69, 9.17) is 4.74 Å². The van der Waals surface area contributed by atoms with Crippen LogP contribution in [0, 0.1) is 12.8 Å². The third kappa shape index (κ3) is 3.06. The molecule has 24 heavy (non-hydrogen) atoms. The summed E-state index contributed by atoms with van der Waals surface area (Å²) < 4.78 is 6.13. The highest BCUT2D eigenvalue weighted by Crippen LogP contribution is 2.36. The zero-order chi connectivity index (χ0) is 16.4. The van der Waals surface area contributed by atoms with Crippen molar-refractivity contribution in [2.45, 2.75) is 31.9 Å². The Balaban J connectivity index is 1.43. The fraction of sp³-hybridized carbons (Fsp3) is 0.500. The van der Waals surface area contributed by atoms with Crippen molar-refractivity contribution in [2.75, 3.05) is 29.9 Å². The van der Waals surface area contributed by atoms with Crippen molar-refractivity contribution < 1.29 is 4.74 Å². The van der Waals surface area contributed by atoms with E-state index in [2.05, 4.69) is 25.2 Å². The first kappa shape index (κ1) is 15.3. The molecule has 2 aromatic rings. The van der Waals surface area contributed by atoms with Crippen LogP contribution < -0.4 is 10.2 Å². The summed E-state index contributed by atoms with van der Waals surface area (Å²) in [4.78, 5) is 15.5. The van der Waals surface area contributed by atoms with Crippen molar-refractivity contribution >= 4 is 11.6 Å². The molecule has 3 atom stereocenters. The van der Waals surface area contributed by atoms with Crippen LogP contribution >= 0.6 is 0 Å². The molecule has 126 valence electrons. The summed E-state index contributed by atoms with van der Waals surface area (Å²) in [6, 6.07) is 4.38. The van der Waals surface area contributed by atoms with Crippen molar-refractivity contribution in [3.05, 3.63) is 42.5 Å². The fourth-order valence-corrected chi connectivity index (χ4v) is 3.78. The van der Waals surface area contributed by atoms with E-state index in [0.717, 1.165) is 49.7 Å². The summed E-state index contributed by atoms with van der Waals surface area (Å²) in [5.41, 5.74) is 2.16. The minimum absolute atomic E-state index is 0.243. The van der Waals surface area contributed by atoms with E-state index < -0.39 is 0 Å². The topological polar surface area (TPSA) is 63.2 Å². The molecule has 2 fully saturated rings. The normalized spacial score (nSPS) is 26.2. The molecule has 1 saturated carbocycles. The van der Waals surface area contributed by atoms with Gasteiger partial charge in [0.25, 0.3) is 0 Å². The molecule has 0 bridgehead atoms. The van der Waals surface area contributed by atoms with Gasteiger partial charge in [-0.1, -0.05) is 0 Å². The van der Waals surface area contributed by atoms with Crippen LogP contribution in [0.25, 0.3) is 0 Å². The maximum Gasteiger partial charge on any atom is 0.225 e. The molecule has 4 rings (SSSR count). The molecule has 1 saturated heterocycles. The van der Waals surface area contributed by atoms with Crippen LogP contribution in [-0.2, 0) is 4.74 Å². The number of aromatic nitrogens is 3. The maximum atomic E-state index is 6.13. The largest absolute Gasteiger partial charge is 0.383 e. The third-order valence-corrected chi connectivity index (χ3v) is 4.97. The standard InChI is InChI=1S/C18H23N5O/c1-13-9-21-18(22-10-13)23-7-8-24-17-14(4-5-16(17)23)11-20-15-3-2-6-19-12-15/h2-3,6,9-10,12,14,16-17,20H,4-5,7-8,11H2,1H3/t14-,16+,17-/m1/s1. The van der Waals surface area contributed by atoms with E-state index in [0.29, 0.717) is 12.0 Å². The predicted molar refractivity (Wildman–Crippen MR) is 93.1 cm³/mol. The lowest BCUT2D eigenvalue weighted by Gasteiger charge is -2.39. The smallest absolute Gasteiger partial charge is 0.225 e. The van der Waals surface area contributed by atoms with Gasteiger partial charge in [-0.15, -0.1) is 0 Å². The van der Waals surface area contributed by atoms with E-state index in [1.807, 2.05) is 37.6 Å². The zero-order valence-electron chi connectivity index (χ0n) is 13.9. The molecule has 2 aromatic heterocycles. The van der Waals surface area contributed by atoms with Gasteiger partial charge in [0, 0.05) is 43.8 Å². The van der Waals surface area contributed by atoms with E-state index in [-0.39, 0.29) is 6.10 Å². The van der Waals surface area contributed by atoms with E-state index in [1.54, 1.807) is 6.20 Å². The number of rotatable bonds is 4. The lowest BCUT2D eigenvalue weighted by Crippen LogP contribution is -2.51. The zero-order valence-corrected chi connectivity index (χ0v) is 13.9. The molecule has 6 heteroatoms. The van der Waals surface area contributed by atoms with Gasteiger partial charge < -0.3 is 15.0 Å². The number of fused-ring (bicyclic) bond motifs is 1. The van der Waals surface area contributed by atoms with Gasteiger partial charge in [0.1, 0.15) is 0 Å². The molecule has 1 N–H and O–H groups in total. The average Bonchev–Trinajstić information content (AvgIpc) is 3.05. The average molecular weight is 325 g/mol. The van der Waals surface area contributed by atoms with Crippen molar-refractivity contribution in [1.82, 2.24) is 15.0 Å². The molecule has 1 aliphatic carbocycles. The highest BCUT2D eigenvalue weighted by molar-refractivity contribution is 5.40. The number of hydrogen-bond donors (Lipinski definition) is 1. The molecular formula is C18H23N5O. The Kier molecular flexibility index (Phi) is 4.30. The minimum Gasteiger partial charge on any atom is -0.383 e. The van der Waals surface area contributed by atoms with Crippen LogP contribution in [0.4, 0.5) is 11.6 Å². The highest BCUT2D eigenvalue weighted by Gasteiger charge is 2.43. The van der Waals surface area contributed by atoms with Crippen molar-refractivity contribution in [3.8, 4) is 0 Å². The second-order valence-electron chi connectivity index (χ2n) is 6.62. The second-order valence-corrected chi connectivity index (χ2v) is 6.62. The van der Waals surface area contributed by atoms with Crippen molar-refractivity contribution in [1.29, 1.82) is 0 Å². The van der Waals surface area contributed by atoms with Gasteiger partial charge in [-0.05, 0) is 37.5 Å². The van der Waals surface area contributed by atoms with Gasteiger partial charge in [-0.2, -0.15) is 0 Å². The number of nitrogens with zero attached hydrogens (tertiary/aromatic N) is 4. The van der Waals surface area contributed by atoms with Crippen molar-refractivity contribution in [3.63, 3.8) is 0 Å². The van der Waals surface area contributed by atoms with E-state index in [1.165, 1.54) is 0 Å². The molecule has 0 aromatic carbocycles. The Morgan fingerprint density at radius 3 is 2.92 bits per heavy atom. The van der Waals surface area contributed by atoms with Crippen LogP contribution in [-0.4, -0.2) is 46.8 Å². The van der Waals surface area contributed by atoms with Gasteiger partial charge in [0.05, 0.1) is 24.4 Å². The Bertz CT molecular complexity index is 663. The molecule has 0 unspecified atom stereocenters. The number of ether oxygens (including phenoxy) is 1. The van der Waals surface area contributed by atoms with Crippen LogP contribution in [0.3, 0.4) is 0 Å². The quantitative estimate of drug-likeness (QED) is 0.930. The number of aryl methyl sites for hydroxylation is 1. The van der Waals surface area contributed by atoms with Gasteiger partial charge >= 0.3 is 0 Å². The van der Waals surface area contributed by atoms with Crippen molar-refractivity contribution in [2.24, 2.45) is 5.92 Å². The lowest BCUT2D eigenvalue weighted by atomic mass is 10.0. The molecule has 0 amide bonds. The van der Waals surface area contributed by atoms with Crippen LogP contribution in [0.5, 0.6) is 0 Å². The first-order chi connectivity index (χ1) is 11.8. The van der Waals surface area contributed by atoms with Crippen LogP contribution in [0.2, 0.25) is 0 Å². The Morgan fingerprint density at radius 2 is 2.12 bits per heavy atom. The third-order valence-electron chi connectivity index (χ3n) is 4.97. The van der Waals surface area contributed by atoms with Gasteiger partial charge in [-0.25, -0.2) is 9.97 Å². The first-order valence-electron chi connectivity index (χ1n) is 8.62. The fourth-order valence-electron chi connectivity index (χ4n) is 3.78. The Hall–Kier alpha value is -2.21. The van der Waals surface area contributed by atoms with Gasteiger partial charge in [-0.3, -0.25) is 4.98 Å². The van der Waals surface area contributed by atoms with Crippen LogP contribution in [0.15, 0.2) is 36.9 Å². The minimum atomic E-state index is 0.243. The Labute approximate surface area is 142 Å².